The monoisotopic (exact) mass is 494 g/mol. The molecule has 3 aromatic rings. The molecular weight excluding hydrogens is 468 g/mol. The zero-order valence-electron chi connectivity index (χ0n) is 18.9. The molecular formula is C25H26N4O5S. The highest BCUT2D eigenvalue weighted by molar-refractivity contribution is 7.92. The van der Waals surface area contributed by atoms with E-state index in [4.69, 9.17) is 4.74 Å². The lowest BCUT2D eigenvalue weighted by Gasteiger charge is -2.10. The van der Waals surface area contributed by atoms with Gasteiger partial charge in [-0.25, -0.2) is 8.42 Å². The van der Waals surface area contributed by atoms with E-state index < -0.39 is 10.0 Å². The molecule has 4 rings (SSSR count). The van der Waals surface area contributed by atoms with E-state index in [0.717, 1.165) is 18.4 Å². The van der Waals surface area contributed by atoms with E-state index in [1.54, 1.807) is 24.3 Å². The van der Waals surface area contributed by atoms with Gasteiger partial charge in [-0.2, -0.15) is 0 Å². The summed E-state index contributed by atoms with van der Waals surface area (Å²) in [5.74, 6) is 0.199. The summed E-state index contributed by atoms with van der Waals surface area (Å²) in [6, 6.07) is 16.5. The van der Waals surface area contributed by atoms with Crippen molar-refractivity contribution in [1.82, 2.24) is 15.6 Å². The van der Waals surface area contributed by atoms with Crippen LogP contribution in [-0.4, -0.2) is 44.4 Å². The summed E-state index contributed by atoms with van der Waals surface area (Å²) in [6.45, 7) is 0.401. The first-order valence-corrected chi connectivity index (χ1v) is 12.7. The molecule has 0 radical (unpaired) electrons. The first-order chi connectivity index (χ1) is 16.9. The normalized spacial score (nSPS) is 13.0. The number of aromatic nitrogens is 1. The van der Waals surface area contributed by atoms with Gasteiger partial charge in [0, 0.05) is 30.5 Å². The number of sulfonamides is 1. The molecule has 9 nitrogen and oxygen atoms in total. The molecule has 10 heteroatoms. The summed E-state index contributed by atoms with van der Waals surface area (Å²) in [5, 5.41) is 5.70. The highest BCUT2D eigenvalue weighted by Gasteiger charge is 2.23. The molecule has 1 aromatic heterocycles. The second-order valence-electron chi connectivity index (χ2n) is 8.15. The molecule has 2 aromatic carbocycles. The van der Waals surface area contributed by atoms with Crippen LogP contribution >= 0.6 is 0 Å². The van der Waals surface area contributed by atoms with Gasteiger partial charge in [0.2, 0.25) is 0 Å². The number of ether oxygens (including phenoxy) is 1. The van der Waals surface area contributed by atoms with Crippen molar-refractivity contribution >= 4 is 27.5 Å². The first kappa shape index (κ1) is 24.2. The van der Waals surface area contributed by atoms with Crippen LogP contribution < -0.4 is 20.1 Å². The van der Waals surface area contributed by atoms with Crippen molar-refractivity contribution < 1.29 is 22.7 Å². The topological polar surface area (TPSA) is 126 Å². The van der Waals surface area contributed by atoms with Crippen LogP contribution in [-0.2, 0) is 21.2 Å². The average Bonchev–Trinajstić information content (AvgIpc) is 3.68. The van der Waals surface area contributed by atoms with Crippen LogP contribution in [0.4, 0.5) is 5.69 Å². The molecule has 182 valence electrons. The number of carbonyl (C=O) groups is 2. The Hall–Kier alpha value is -3.92. The molecule has 1 aliphatic carbocycles. The third kappa shape index (κ3) is 7.28. The van der Waals surface area contributed by atoms with Gasteiger partial charge in [-0.15, -0.1) is 0 Å². The quantitative estimate of drug-likeness (QED) is 0.376. The Morgan fingerprint density at radius 1 is 0.943 bits per heavy atom. The number of hydrogen-bond acceptors (Lipinski definition) is 6. The molecule has 1 saturated carbocycles. The molecule has 3 N–H and O–H groups in total. The van der Waals surface area contributed by atoms with E-state index in [1.807, 2.05) is 12.1 Å². The summed E-state index contributed by atoms with van der Waals surface area (Å²) in [4.78, 5) is 28.0. The molecule has 1 heterocycles. The van der Waals surface area contributed by atoms with Gasteiger partial charge in [0.05, 0.1) is 10.6 Å². The van der Waals surface area contributed by atoms with Crippen molar-refractivity contribution in [2.24, 2.45) is 0 Å². The maximum atomic E-state index is 12.5. The predicted octanol–water partition coefficient (Wildman–Crippen LogP) is 2.51. The SMILES string of the molecule is O=C(COc1ccc(CCNC(=O)c2ccc(S(=O)(=O)Nc3ccncc3)cc2)cc1)NC1CC1. The standard InChI is InChI=1S/C25H26N4O5S/c30-24(28-20-5-6-20)17-34-22-7-1-18(2-8-22)11-16-27-25(31)19-3-9-23(10-4-19)35(32,33)29-21-12-14-26-15-13-21/h1-4,7-10,12-15,20H,5-6,11,16-17H2,(H,26,29)(H,27,31)(H,28,30). The smallest absolute Gasteiger partial charge is 0.261 e. The third-order valence-corrected chi connectivity index (χ3v) is 6.69. The molecule has 0 aliphatic heterocycles. The molecule has 1 aliphatic rings. The van der Waals surface area contributed by atoms with Crippen molar-refractivity contribution in [1.29, 1.82) is 0 Å². The number of pyridine rings is 1. The number of anilines is 1. The number of benzene rings is 2. The van der Waals surface area contributed by atoms with Gasteiger partial charge in [0.15, 0.2) is 6.61 Å². The zero-order chi connectivity index (χ0) is 24.7. The van der Waals surface area contributed by atoms with Gasteiger partial charge in [-0.05, 0) is 73.4 Å². The van der Waals surface area contributed by atoms with Crippen molar-refractivity contribution in [2.75, 3.05) is 17.9 Å². The van der Waals surface area contributed by atoms with Crippen molar-refractivity contribution in [2.45, 2.75) is 30.2 Å². The summed E-state index contributed by atoms with van der Waals surface area (Å²) in [7, 11) is -3.77. The van der Waals surface area contributed by atoms with E-state index >= 15 is 0 Å². The molecule has 35 heavy (non-hydrogen) atoms. The molecule has 0 spiro atoms. The number of nitrogens with one attached hydrogen (secondary N) is 3. The lowest BCUT2D eigenvalue weighted by Crippen LogP contribution is -2.30. The summed E-state index contributed by atoms with van der Waals surface area (Å²) in [5.41, 5.74) is 1.77. The molecule has 1 fully saturated rings. The minimum atomic E-state index is -3.77. The highest BCUT2D eigenvalue weighted by Crippen LogP contribution is 2.19. The molecule has 0 bridgehead atoms. The Labute approximate surface area is 204 Å². The fourth-order valence-electron chi connectivity index (χ4n) is 3.24. The number of carbonyl (C=O) groups excluding carboxylic acids is 2. The van der Waals surface area contributed by atoms with E-state index in [9.17, 15) is 18.0 Å². The highest BCUT2D eigenvalue weighted by atomic mass is 32.2. The first-order valence-electron chi connectivity index (χ1n) is 11.2. The van der Waals surface area contributed by atoms with Gasteiger partial charge in [-0.3, -0.25) is 19.3 Å². The van der Waals surface area contributed by atoms with Crippen molar-refractivity contribution in [3.63, 3.8) is 0 Å². The Bertz CT molecular complexity index is 1260. The lowest BCUT2D eigenvalue weighted by atomic mass is 10.1. The Morgan fingerprint density at radius 2 is 1.63 bits per heavy atom. The summed E-state index contributed by atoms with van der Waals surface area (Å²) in [6.07, 6.45) is 5.66. The number of amides is 2. The minimum absolute atomic E-state index is 0.00814. The van der Waals surface area contributed by atoms with Crippen LogP contribution in [0.3, 0.4) is 0 Å². The van der Waals surface area contributed by atoms with Crippen molar-refractivity contribution in [3.05, 3.63) is 84.2 Å². The average molecular weight is 495 g/mol. The zero-order valence-corrected chi connectivity index (χ0v) is 19.8. The van der Waals surface area contributed by atoms with Gasteiger partial charge < -0.3 is 15.4 Å². The van der Waals surface area contributed by atoms with Crippen LogP contribution in [0, 0.1) is 0 Å². The van der Waals surface area contributed by atoms with Crippen molar-refractivity contribution in [3.8, 4) is 5.75 Å². The van der Waals surface area contributed by atoms with Gasteiger partial charge in [-0.1, -0.05) is 12.1 Å². The Morgan fingerprint density at radius 3 is 2.29 bits per heavy atom. The number of hydrogen-bond donors (Lipinski definition) is 3. The van der Waals surface area contributed by atoms with E-state index in [1.165, 1.54) is 36.7 Å². The van der Waals surface area contributed by atoms with Crippen LogP contribution in [0.1, 0.15) is 28.8 Å². The fraction of sp³-hybridized carbons (Fsp3) is 0.240. The maximum Gasteiger partial charge on any atom is 0.261 e. The number of nitrogens with zero attached hydrogens (tertiary/aromatic N) is 1. The van der Waals surface area contributed by atoms with Crippen LogP contribution in [0.2, 0.25) is 0 Å². The Kier molecular flexibility index (Phi) is 7.61. The van der Waals surface area contributed by atoms with E-state index in [0.29, 0.717) is 36.0 Å². The van der Waals surface area contributed by atoms with Crippen LogP contribution in [0.15, 0.2) is 78.0 Å². The van der Waals surface area contributed by atoms with Gasteiger partial charge in [0.25, 0.3) is 21.8 Å². The number of rotatable bonds is 11. The molecule has 0 saturated heterocycles. The minimum Gasteiger partial charge on any atom is -0.484 e. The van der Waals surface area contributed by atoms with Crippen LogP contribution in [0.5, 0.6) is 5.75 Å². The fourth-order valence-corrected chi connectivity index (χ4v) is 4.30. The predicted molar refractivity (Wildman–Crippen MR) is 131 cm³/mol. The van der Waals surface area contributed by atoms with E-state index in [-0.39, 0.29) is 23.3 Å². The van der Waals surface area contributed by atoms with E-state index in [2.05, 4.69) is 20.3 Å². The second-order valence-corrected chi connectivity index (χ2v) is 9.83. The summed E-state index contributed by atoms with van der Waals surface area (Å²) >= 11 is 0. The summed E-state index contributed by atoms with van der Waals surface area (Å²) < 4.78 is 32.9. The Balaban J connectivity index is 1.22. The molecule has 0 atom stereocenters. The van der Waals surface area contributed by atoms with Crippen LogP contribution in [0.25, 0.3) is 0 Å². The molecule has 0 unspecified atom stereocenters. The molecule has 2 amide bonds. The van der Waals surface area contributed by atoms with Gasteiger partial charge in [0.1, 0.15) is 5.75 Å². The van der Waals surface area contributed by atoms with Gasteiger partial charge >= 0.3 is 0 Å². The largest absolute Gasteiger partial charge is 0.484 e. The lowest BCUT2D eigenvalue weighted by molar-refractivity contribution is -0.123. The third-order valence-electron chi connectivity index (χ3n) is 5.29. The maximum absolute atomic E-state index is 12.5. The second kappa shape index (κ2) is 11.0.